The molecular weight excluding hydrogens is 300 g/mol. The van der Waals surface area contributed by atoms with Crippen LogP contribution in [0.5, 0.6) is 5.75 Å². The maximum atomic E-state index is 12.0. The van der Waals surface area contributed by atoms with Crippen molar-refractivity contribution in [3.05, 3.63) is 42.2 Å². The minimum absolute atomic E-state index is 0.0257. The number of benzene rings is 1. The second-order valence-corrected chi connectivity index (χ2v) is 4.18. The van der Waals surface area contributed by atoms with Gasteiger partial charge in [0, 0.05) is 11.9 Å². The van der Waals surface area contributed by atoms with Crippen LogP contribution in [0.2, 0.25) is 0 Å². The smallest absolute Gasteiger partial charge is 0.387 e. The molecule has 0 spiro atoms. The van der Waals surface area contributed by atoms with Crippen molar-refractivity contribution in [2.45, 2.75) is 13.2 Å². The Morgan fingerprint density at radius 3 is 2.59 bits per heavy atom. The van der Waals surface area contributed by atoms with Crippen LogP contribution in [-0.2, 0) is 11.3 Å². The number of carboxylic acids is 1. The average Bonchev–Trinajstić information content (AvgIpc) is 2.88. The molecule has 0 atom stereocenters. The van der Waals surface area contributed by atoms with Crippen molar-refractivity contribution in [1.29, 1.82) is 0 Å². The van der Waals surface area contributed by atoms with E-state index in [-0.39, 0.29) is 17.9 Å². The summed E-state index contributed by atoms with van der Waals surface area (Å²) in [6.07, 6.45) is 2.52. The number of rotatable bonds is 6. The number of carbonyl (C=O) groups is 2. The molecular formula is C13H11F2N3O4. The molecule has 0 saturated heterocycles. The highest BCUT2D eigenvalue weighted by atomic mass is 19.3. The van der Waals surface area contributed by atoms with E-state index < -0.39 is 18.5 Å². The van der Waals surface area contributed by atoms with Crippen LogP contribution in [0.15, 0.2) is 36.7 Å². The molecule has 2 aromatic rings. The lowest BCUT2D eigenvalue weighted by molar-refractivity contribution is -0.137. The van der Waals surface area contributed by atoms with Gasteiger partial charge in [0.05, 0.1) is 11.8 Å². The van der Waals surface area contributed by atoms with Crippen LogP contribution in [0.1, 0.15) is 10.4 Å². The minimum atomic E-state index is -2.92. The van der Waals surface area contributed by atoms with Gasteiger partial charge in [-0.05, 0) is 24.3 Å². The Morgan fingerprint density at radius 2 is 2.00 bits per heavy atom. The van der Waals surface area contributed by atoms with E-state index in [1.54, 1.807) is 0 Å². The third kappa shape index (κ3) is 4.27. The number of alkyl halides is 2. The van der Waals surface area contributed by atoms with Gasteiger partial charge in [-0.15, -0.1) is 0 Å². The number of nitrogens with zero attached hydrogens (tertiary/aromatic N) is 2. The monoisotopic (exact) mass is 311 g/mol. The van der Waals surface area contributed by atoms with Crippen LogP contribution >= 0.6 is 0 Å². The first-order chi connectivity index (χ1) is 10.4. The van der Waals surface area contributed by atoms with Gasteiger partial charge in [0.2, 0.25) is 0 Å². The van der Waals surface area contributed by atoms with Gasteiger partial charge in [0.25, 0.3) is 5.91 Å². The zero-order valence-electron chi connectivity index (χ0n) is 11.1. The maximum absolute atomic E-state index is 12.0. The predicted octanol–water partition coefficient (Wildman–Crippen LogP) is 1.82. The molecule has 2 rings (SSSR count). The molecule has 0 saturated carbocycles. The van der Waals surface area contributed by atoms with Gasteiger partial charge in [-0.3, -0.25) is 14.3 Å². The highest BCUT2D eigenvalue weighted by Gasteiger charge is 2.11. The molecule has 1 heterocycles. The van der Waals surface area contributed by atoms with Crippen molar-refractivity contribution < 1.29 is 28.2 Å². The summed E-state index contributed by atoms with van der Waals surface area (Å²) in [4.78, 5) is 22.4. The van der Waals surface area contributed by atoms with Crippen LogP contribution < -0.4 is 10.1 Å². The zero-order chi connectivity index (χ0) is 16.1. The fourth-order valence-corrected chi connectivity index (χ4v) is 1.63. The molecule has 0 fully saturated rings. The van der Waals surface area contributed by atoms with Crippen molar-refractivity contribution in [3.8, 4) is 5.75 Å². The average molecular weight is 311 g/mol. The number of halogens is 2. The number of anilines is 1. The van der Waals surface area contributed by atoms with Gasteiger partial charge >= 0.3 is 12.6 Å². The van der Waals surface area contributed by atoms with Crippen LogP contribution in [-0.4, -0.2) is 33.4 Å². The van der Waals surface area contributed by atoms with Gasteiger partial charge < -0.3 is 15.2 Å². The highest BCUT2D eigenvalue weighted by Crippen LogP contribution is 2.18. The third-order valence-corrected chi connectivity index (χ3v) is 2.53. The van der Waals surface area contributed by atoms with E-state index in [2.05, 4.69) is 15.2 Å². The lowest BCUT2D eigenvalue weighted by Crippen LogP contribution is -2.12. The number of carboxylic acid groups (broad SMARTS) is 1. The summed E-state index contributed by atoms with van der Waals surface area (Å²) >= 11 is 0. The molecule has 7 nitrogen and oxygen atoms in total. The Labute approximate surface area is 123 Å². The second kappa shape index (κ2) is 6.66. The number of hydrogen-bond acceptors (Lipinski definition) is 4. The number of amides is 1. The van der Waals surface area contributed by atoms with Gasteiger partial charge in [-0.2, -0.15) is 13.9 Å². The molecule has 22 heavy (non-hydrogen) atoms. The van der Waals surface area contributed by atoms with Gasteiger partial charge in [-0.1, -0.05) is 0 Å². The van der Waals surface area contributed by atoms with E-state index in [9.17, 15) is 18.4 Å². The summed E-state index contributed by atoms with van der Waals surface area (Å²) in [6.45, 7) is -3.27. The number of carbonyl (C=O) groups excluding carboxylic acids is 1. The molecule has 2 N–H and O–H groups in total. The van der Waals surface area contributed by atoms with Gasteiger partial charge in [0.15, 0.2) is 0 Å². The molecule has 0 unspecified atom stereocenters. The Kier molecular flexibility index (Phi) is 4.66. The van der Waals surface area contributed by atoms with Gasteiger partial charge in [0.1, 0.15) is 12.3 Å². The number of ether oxygens (including phenoxy) is 1. The summed E-state index contributed by atoms with van der Waals surface area (Å²) in [5, 5.41) is 14.9. The first-order valence-corrected chi connectivity index (χ1v) is 6.04. The fourth-order valence-electron chi connectivity index (χ4n) is 1.63. The van der Waals surface area contributed by atoms with Crippen LogP contribution in [0, 0.1) is 0 Å². The van der Waals surface area contributed by atoms with E-state index >= 15 is 0 Å². The quantitative estimate of drug-likeness (QED) is 0.849. The van der Waals surface area contributed by atoms with Crippen LogP contribution in [0.25, 0.3) is 0 Å². The molecule has 1 amide bonds. The lowest BCUT2D eigenvalue weighted by atomic mass is 10.2. The Morgan fingerprint density at radius 1 is 1.32 bits per heavy atom. The summed E-state index contributed by atoms with van der Waals surface area (Å²) in [5.41, 5.74) is 0.548. The number of aliphatic carboxylic acids is 1. The van der Waals surface area contributed by atoms with Crippen LogP contribution in [0.4, 0.5) is 14.5 Å². The van der Waals surface area contributed by atoms with Crippen molar-refractivity contribution in [1.82, 2.24) is 9.78 Å². The summed E-state index contributed by atoms with van der Waals surface area (Å²) in [7, 11) is 0. The fraction of sp³-hybridized carbons (Fsp3) is 0.154. The highest BCUT2D eigenvalue weighted by molar-refractivity contribution is 6.03. The number of aromatic nitrogens is 2. The van der Waals surface area contributed by atoms with Crippen molar-refractivity contribution >= 4 is 17.6 Å². The number of hydrogen-bond donors (Lipinski definition) is 2. The first-order valence-electron chi connectivity index (χ1n) is 6.04. The van der Waals surface area contributed by atoms with E-state index in [0.29, 0.717) is 5.69 Å². The summed E-state index contributed by atoms with van der Waals surface area (Å²) < 4.78 is 29.3. The molecule has 0 bridgehead atoms. The minimum Gasteiger partial charge on any atom is -0.480 e. The molecule has 0 aliphatic carbocycles. The topological polar surface area (TPSA) is 93.5 Å². The normalized spacial score (nSPS) is 10.5. The molecule has 0 aliphatic heterocycles. The van der Waals surface area contributed by atoms with E-state index in [1.165, 1.54) is 36.7 Å². The van der Waals surface area contributed by atoms with Crippen LogP contribution in [0.3, 0.4) is 0 Å². The third-order valence-electron chi connectivity index (χ3n) is 2.53. The predicted molar refractivity (Wildman–Crippen MR) is 70.9 cm³/mol. The maximum Gasteiger partial charge on any atom is 0.387 e. The van der Waals surface area contributed by atoms with Gasteiger partial charge in [-0.25, -0.2) is 0 Å². The van der Waals surface area contributed by atoms with E-state index in [1.807, 2.05) is 0 Å². The standard InChI is InChI=1S/C13H11F2N3O4/c14-13(15)22-10-3-1-9(2-4-10)17-12(21)8-5-16-18(6-8)7-11(19)20/h1-6,13H,7H2,(H,17,21)(H,19,20). The van der Waals surface area contributed by atoms with Crippen molar-refractivity contribution in [2.24, 2.45) is 0 Å². The first kappa shape index (κ1) is 15.4. The summed E-state index contributed by atoms with van der Waals surface area (Å²) in [5.74, 6) is -1.61. The largest absolute Gasteiger partial charge is 0.480 e. The number of nitrogens with one attached hydrogen (secondary N) is 1. The summed E-state index contributed by atoms with van der Waals surface area (Å²) in [6, 6.07) is 5.37. The molecule has 1 aromatic heterocycles. The Balaban J connectivity index is 1.99. The SMILES string of the molecule is O=C(O)Cn1cc(C(=O)Nc2ccc(OC(F)F)cc2)cn1. The van der Waals surface area contributed by atoms with E-state index in [4.69, 9.17) is 5.11 Å². The van der Waals surface area contributed by atoms with Crippen molar-refractivity contribution in [3.63, 3.8) is 0 Å². The zero-order valence-corrected chi connectivity index (χ0v) is 11.1. The second-order valence-electron chi connectivity index (χ2n) is 4.18. The molecule has 1 aromatic carbocycles. The molecule has 0 radical (unpaired) electrons. The van der Waals surface area contributed by atoms with Crippen molar-refractivity contribution in [2.75, 3.05) is 5.32 Å². The van der Waals surface area contributed by atoms with E-state index in [0.717, 1.165) is 4.68 Å². The molecule has 0 aliphatic rings. The lowest BCUT2D eigenvalue weighted by Gasteiger charge is -2.06. The molecule has 9 heteroatoms. The molecule has 116 valence electrons. The Bertz CT molecular complexity index is 670. The Hall–Kier alpha value is -2.97.